The SMILES string of the molecule is COc1c(N2CCC(C(N)c3ncco3)C2)c(Cl)cc2c(=O)c(C(=O)O)cn(C3CC3)c12. The first-order valence-electron chi connectivity index (χ1n) is 10.5. The van der Waals surface area contributed by atoms with Gasteiger partial charge in [-0.3, -0.25) is 4.79 Å². The fourth-order valence-corrected chi connectivity index (χ4v) is 4.92. The zero-order chi connectivity index (χ0) is 22.6. The molecular weight excluding hydrogens is 436 g/mol. The Kier molecular flexibility index (Phi) is 5.10. The number of nitrogens with two attached hydrogens (primary N) is 1. The van der Waals surface area contributed by atoms with Gasteiger partial charge in [0.15, 0.2) is 5.75 Å². The van der Waals surface area contributed by atoms with Crippen molar-refractivity contribution in [3.63, 3.8) is 0 Å². The summed E-state index contributed by atoms with van der Waals surface area (Å²) in [6.07, 6.45) is 7.15. The molecule has 3 heterocycles. The molecule has 3 N–H and O–H groups in total. The first kappa shape index (κ1) is 20.8. The number of rotatable bonds is 6. The van der Waals surface area contributed by atoms with Crippen LogP contribution in [-0.2, 0) is 0 Å². The highest BCUT2D eigenvalue weighted by Crippen LogP contribution is 2.47. The smallest absolute Gasteiger partial charge is 0.341 e. The molecule has 1 saturated carbocycles. The molecule has 168 valence electrons. The summed E-state index contributed by atoms with van der Waals surface area (Å²) in [6, 6.07) is 1.34. The zero-order valence-electron chi connectivity index (χ0n) is 17.5. The molecule has 0 radical (unpaired) electrons. The number of nitrogens with zero attached hydrogens (tertiary/aromatic N) is 3. The number of methoxy groups -OCH3 is 1. The van der Waals surface area contributed by atoms with Crippen molar-refractivity contribution in [1.82, 2.24) is 9.55 Å². The van der Waals surface area contributed by atoms with Gasteiger partial charge in [-0.25, -0.2) is 9.78 Å². The van der Waals surface area contributed by atoms with Crippen LogP contribution in [0.1, 0.15) is 47.6 Å². The molecule has 0 bridgehead atoms. The van der Waals surface area contributed by atoms with E-state index in [4.69, 9.17) is 26.5 Å². The Morgan fingerprint density at radius 3 is 2.81 bits per heavy atom. The van der Waals surface area contributed by atoms with Gasteiger partial charge in [0.2, 0.25) is 11.3 Å². The Balaban J connectivity index is 1.62. The molecule has 3 aromatic rings. The number of aromatic nitrogens is 2. The summed E-state index contributed by atoms with van der Waals surface area (Å²) in [5, 5.41) is 10.1. The standard InChI is InChI=1S/C22H23ClN4O5/c1-31-20-17-13(19(28)14(22(29)30)10-27(17)12-2-3-12)8-15(23)18(20)26-6-4-11(9-26)16(24)21-25-5-7-32-21/h5,7-8,10-12,16H,2-4,6,9,24H2,1H3,(H,29,30). The number of aromatic carboxylic acids is 1. The number of carboxylic acid groups (broad SMARTS) is 1. The number of carboxylic acids is 1. The summed E-state index contributed by atoms with van der Waals surface area (Å²) in [5.74, 6) is -0.186. The van der Waals surface area contributed by atoms with E-state index in [2.05, 4.69) is 9.88 Å². The molecule has 5 rings (SSSR count). The number of fused-ring (bicyclic) bond motifs is 1. The number of hydrogen-bond acceptors (Lipinski definition) is 7. The van der Waals surface area contributed by atoms with Crippen molar-refractivity contribution in [2.24, 2.45) is 11.7 Å². The number of halogens is 1. The second-order valence-electron chi connectivity index (χ2n) is 8.34. The summed E-state index contributed by atoms with van der Waals surface area (Å²) in [6.45, 7) is 1.31. The molecule has 0 amide bonds. The maximum absolute atomic E-state index is 12.9. The fourth-order valence-electron chi connectivity index (χ4n) is 4.61. The topological polar surface area (TPSA) is 124 Å². The Hall–Kier alpha value is -3.04. The molecule has 0 spiro atoms. The van der Waals surface area contributed by atoms with Crippen LogP contribution in [0.25, 0.3) is 10.9 Å². The predicted octanol–water partition coefficient (Wildman–Crippen LogP) is 3.21. The van der Waals surface area contributed by atoms with E-state index in [1.807, 2.05) is 4.57 Å². The van der Waals surface area contributed by atoms with Crippen LogP contribution in [0.3, 0.4) is 0 Å². The lowest BCUT2D eigenvalue weighted by molar-refractivity contribution is 0.0695. The van der Waals surface area contributed by atoms with Crippen molar-refractivity contribution in [2.75, 3.05) is 25.1 Å². The van der Waals surface area contributed by atoms with Crippen LogP contribution in [0, 0.1) is 5.92 Å². The summed E-state index contributed by atoms with van der Waals surface area (Å²) >= 11 is 6.67. The Morgan fingerprint density at radius 2 is 2.19 bits per heavy atom. The van der Waals surface area contributed by atoms with Gasteiger partial charge in [-0.05, 0) is 25.3 Å². The van der Waals surface area contributed by atoms with Crippen LogP contribution < -0.4 is 20.8 Å². The molecule has 32 heavy (non-hydrogen) atoms. The molecule has 2 atom stereocenters. The first-order valence-corrected chi connectivity index (χ1v) is 10.9. The molecule has 9 nitrogen and oxygen atoms in total. The third-order valence-electron chi connectivity index (χ3n) is 6.36. The molecular formula is C22H23ClN4O5. The van der Waals surface area contributed by atoms with Gasteiger partial charge >= 0.3 is 5.97 Å². The minimum Gasteiger partial charge on any atom is -0.492 e. The van der Waals surface area contributed by atoms with E-state index in [0.29, 0.717) is 41.0 Å². The molecule has 1 aliphatic carbocycles. The van der Waals surface area contributed by atoms with Gasteiger partial charge in [-0.2, -0.15) is 0 Å². The van der Waals surface area contributed by atoms with Gasteiger partial charge in [0.25, 0.3) is 0 Å². The first-order chi connectivity index (χ1) is 15.4. The minimum atomic E-state index is -1.26. The van der Waals surface area contributed by atoms with Crippen LogP contribution in [0.4, 0.5) is 5.69 Å². The van der Waals surface area contributed by atoms with E-state index in [1.165, 1.54) is 19.6 Å². The Labute approximate surface area is 188 Å². The summed E-state index contributed by atoms with van der Waals surface area (Å²) in [5.41, 5.74) is 6.79. The van der Waals surface area contributed by atoms with Gasteiger partial charge in [-0.15, -0.1) is 0 Å². The molecule has 2 aromatic heterocycles. The van der Waals surface area contributed by atoms with E-state index in [9.17, 15) is 14.7 Å². The zero-order valence-corrected chi connectivity index (χ0v) is 18.2. The molecule has 10 heteroatoms. The number of benzene rings is 1. The van der Waals surface area contributed by atoms with Crippen LogP contribution >= 0.6 is 11.6 Å². The quantitative estimate of drug-likeness (QED) is 0.577. The van der Waals surface area contributed by atoms with Gasteiger partial charge in [0.05, 0.1) is 35.3 Å². The van der Waals surface area contributed by atoms with E-state index in [-0.39, 0.29) is 29.0 Å². The van der Waals surface area contributed by atoms with Crippen LogP contribution in [-0.4, -0.2) is 40.8 Å². The highest BCUT2D eigenvalue weighted by Gasteiger charge is 2.35. The second kappa shape index (κ2) is 7.83. The molecule has 1 aromatic carbocycles. The van der Waals surface area contributed by atoms with Gasteiger partial charge < -0.3 is 29.5 Å². The van der Waals surface area contributed by atoms with Gasteiger partial charge in [-0.1, -0.05) is 11.6 Å². The van der Waals surface area contributed by atoms with Crippen molar-refractivity contribution < 1.29 is 19.1 Å². The van der Waals surface area contributed by atoms with Crippen LogP contribution in [0.5, 0.6) is 5.75 Å². The molecule has 2 fully saturated rings. The number of pyridine rings is 1. The average Bonchev–Trinajstić information content (AvgIpc) is 3.25. The van der Waals surface area contributed by atoms with Gasteiger partial charge in [0, 0.05) is 31.2 Å². The second-order valence-corrected chi connectivity index (χ2v) is 8.75. The fraction of sp³-hybridized carbons (Fsp3) is 0.409. The highest BCUT2D eigenvalue weighted by atomic mass is 35.5. The maximum Gasteiger partial charge on any atom is 0.341 e. The number of ether oxygens (including phenoxy) is 1. The molecule has 1 aliphatic heterocycles. The molecule has 2 unspecified atom stereocenters. The number of carbonyl (C=O) groups is 1. The largest absolute Gasteiger partial charge is 0.492 e. The normalized spacial score (nSPS) is 19.5. The number of oxazole rings is 1. The van der Waals surface area contributed by atoms with E-state index >= 15 is 0 Å². The summed E-state index contributed by atoms with van der Waals surface area (Å²) < 4.78 is 13.0. The highest BCUT2D eigenvalue weighted by molar-refractivity contribution is 6.35. The monoisotopic (exact) mass is 458 g/mol. The lowest BCUT2D eigenvalue weighted by Gasteiger charge is -2.26. The summed E-state index contributed by atoms with van der Waals surface area (Å²) in [4.78, 5) is 30.9. The number of hydrogen-bond donors (Lipinski definition) is 2. The van der Waals surface area contributed by atoms with Crippen molar-refractivity contribution in [1.29, 1.82) is 0 Å². The Morgan fingerprint density at radius 1 is 1.41 bits per heavy atom. The van der Waals surface area contributed by atoms with Crippen molar-refractivity contribution in [3.05, 3.63) is 51.4 Å². The summed E-state index contributed by atoms with van der Waals surface area (Å²) in [7, 11) is 1.54. The van der Waals surface area contributed by atoms with Crippen LogP contribution in [0.15, 0.2) is 33.9 Å². The van der Waals surface area contributed by atoms with Crippen LogP contribution in [0.2, 0.25) is 5.02 Å². The maximum atomic E-state index is 12.9. The third-order valence-corrected chi connectivity index (χ3v) is 6.65. The van der Waals surface area contributed by atoms with Crippen molar-refractivity contribution >= 4 is 34.2 Å². The predicted molar refractivity (Wildman–Crippen MR) is 119 cm³/mol. The molecule has 1 saturated heterocycles. The molecule has 2 aliphatic rings. The van der Waals surface area contributed by atoms with E-state index in [0.717, 1.165) is 19.3 Å². The van der Waals surface area contributed by atoms with Crippen molar-refractivity contribution in [2.45, 2.75) is 31.3 Å². The van der Waals surface area contributed by atoms with Crippen molar-refractivity contribution in [3.8, 4) is 5.75 Å². The van der Waals surface area contributed by atoms with E-state index in [1.54, 1.807) is 12.3 Å². The van der Waals surface area contributed by atoms with Gasteiger partial charge in [0.1, 0.15) is 17.5 Å². The average molecular weight is 459 g/mol. The number of anilines is 1. The lowest BCUT2D eigenvalue weighted by Crippen LogP contribution is -2.27. The third kappa shape index (κ3) is 3.32. The minimum absolute atomic E-state index is 0.102. The lowest BCUT2D eigenvalue weighted by atomic mass is 10.00. The Bertz CT molecular complexity index is 1250. The van der Waals surface area contributed by atoms with E-state index < -0.39 is 11.4 Å².